The molecule has 0 bridgehead atoms. The van der Waals surface area contributed by atoms with Gasteiger partial charge in [0.2, 0.25) is 5.91 Å². The van der Waals surface area contributed by atoms with E-state index in [1.807, 2.05) is 29.3 Å². The van der Waals surface area contributed by atoms with Crippen LogP contribution in [0.1, 0.15) is 54.6 Å². The average molecular weight is 760 g/mol. The molecule has 12 nitrogen and oxygen atoms in total. The molecule has 55 heavy (non-hydrogen) atoms. The number of aromatic carboxylic acids is 1. The van der Waals surface area contributed by atoms with Crippen LogP contribution in [0, 0.1) is 18.4 Å². The number of amides is 1. The van der Waals surface area contributed by atoms with Gasteiger partial charge in [0.25, 0.3) is 0 Å². The number of carbonyl (C=O) groups is 2. The molecule has 2 N–H and O–H groups in total. The van der Waals surface area contributed by atoms with Crippen molar-refractivity contribution in [3.8, 4) is 0 Å². The number of rotatable bonds is 9. The molecule has 7 rings (SSSR count). The van der Waals surface area contributed by atoms with Crippen LogP contribution in [0.15, 0.2) is 54.9 Å². The summed E-state index contributed by atoms with van der Waals surface area (Å²) in [5, 5.41) is 12.0. The maximum absolute atomic E-state index is 13.5. The Bertz CT molecular complexity index is 1820. The molecule has 0 aliphatic carbocycles. The molecule has 2 aromatic heterocycles. The van der Waals surface area contributed by atoms with Gasteiger partial charge in [0.1, 0.15) is 11.5 Å². The normalized spacial score (nSPS) is 20.0. The molecule has 0 unspecified atom stereocenters. The number of benzene rings is 1. The number of nitrogens with one attached hydrogen (secondary N) is 1. The van der Waals surface area contributed by atoms with Crippen molar-refractivity contribution in [3.63, 3.8) is 0 Å². The highest BCUT2D eigenvalue weighted by atomic mass is 19.4. The number of halogens is 3. The zero-order chi connectivity index (χ0) is 38.5. The van der Waals surface area contributed by atoms with E-state index in [2.05, 4.69) is 39.7 Å². The largest absolute Gasteiger partial charge is 0.477 e. The van der Waals surface area contributed by atoms with E-state index < -0.39 is 23.4 Å². The van der Waals surface area contributed by atoms with Crippen LogP contribution in [0.5, 0.6) is 0 Å². The van der Waals surface area contributed by atoms with Crippen molar-refractivity contribution < 1.29 is 27.9 Å². The number of carboxylic acid groups (broad SMARTS) is 1. The average Bonchev–Trinajstić information content (AvgIpc) is 3.21. The Morgan fingerprint density at radius 2 is 1.35 bits per heavy atom. The molecular formula is C40H48F3N9O3. The first-order valence-electron chi connectivity index (χ1n) is 19.3. The number of alkyl halides is 3. The quantitative estimate of drug-likeness (QED) is 0.248. The number of aromatic nitrogens is 2. The van der Waals surface area contributed by atoms with Gasteiger partial charge in [-0.2, -0.15) is 13.2 Å². The standard InChI is InChI=1S/C40H48F3N9O3/c1-44-35-5-2-31(24-34(35)40(41,42)43)49-16-10-29(11-17-49)38(53)47-37-7-4-33(26-46-37)50-14-8-28(9-15-50)27-48-20-22-52(23-21-48)30-12-18-51(19-13-30)32-3-6-36(39(54)55)45-25-32/h2-7,24-26,28-30H,8-23,27H2,(H,54,55)(H,46,47,53). The van der Waals surface area contributed by atoms with E-state index in [1.165, 1.54) is 6.07 Å². The Morgan fingerprint density at radius 3 is 1.91 bits per heavy atom. The molecule has 292 valence electrons. The van der Waals surface area contributed by atoms with Crippen molar-refractivity contribution in [2.24, 2.45) is 11.8 Å². The third-order valence-electron chi connectivity index (χ3n) is 11.9. The second kappa shape index (κ2) is 16.8. The topological polar surface area (TPSA) is 113 Å². The van der Waals surface area contributed by atoms with Gasteiger partial charge in [-0.25, -0.2) is 19.6 Å². The van der Waals surface area contributed by atoms with E-state index >= 15 is 0 Å². The molecule has 4 aliphatic heterocycles. The summed E-state index contributed by atoms with van der Waals surface area (Å²) in [6.07, 6.45) is 4.35. The van der Waals surface area contributed by atoms with Crippen molar-refractivity contribution >= 4 is 40.4 Å². The van der Waals surface area contributed by atoms with E-state index in [4.69, 9.17) is 11.7 Å². The van der Waals surface area contributed by atoms with E-state index in [9.17, 15) is 22.8 Å². The van der Waals surface area contributed by atoms with Gasteiger partial charge in [-0.1, -0.05) is 6.07 Å². The van der Waals surface area contributed by atoms with Crippen LogP contribution in [0.3, 0.4) is 0 Å². The van der Waals surface area contributed by atoms with E-state index in [0.717, 1.165) is 102 Å². The molecule has 0 radical (unpaired) electrons. The SMILES string of the molecule is [C-]#[N+]c1ccc(N2CCC(C(=O)Nc3ccc(N4CCC(CN5CCN(C6CCN(c7ccc(C(=O)O)nc7)CC6)CC5)CC4)cn3)CC2)cc1C(F)(F)F. The summed E-state index contributed by atoms with van der Waals surface area (Å²) in [5.41, 5.74) is 1.17. The highest BCUT2D eigenvalue weighted by Gasteiger charge is 2.35. The van der Waals surface area contributed by atoms with Crippen LogP contribution < -0.4 is 20.0 Å². The first-order chi connectivity index (χ1) is 26.5. The molecule has 0 spiro atoms. The minimum absolute atomic E-state index is 0.0743. The Hall–Kier alpha value is -4.94. The monoisotopic (exact) mass is 759 g/mol. The summed E-state index contributed by atoms with van der Waals surface area (Å²) in [4.78, 5) is 47.6. The third-order valence-corrected chi connectivity index (χ3v) is 11.9. The summed E-state index contributed by atoms with van der Waals surface area (Å²) in [6.45, 7) is 17.3. The van der Waals surface area contributed by atoms with Crippen molar-refractivity contribution in [1.82, 2.24) is 19.8 Å². The van der Waals surface area contributed by atoms with Crippen molar-refractivity contribution in [1.29, 1.82) is 0 Å². The number of hydrogen-bond acceptors (Lipinski definition) is 9. The number of carbonyl (C=O) groups excluding carboxylic acids is 1. The molecule has 4 aliphatic rings. The highest BCUT2D eigenvalue weighted by molar-refractivity contribution is 5.92. The lowest BCUT2D eigenvalue weighted by molar-refractivity contribution is -0.136. The summed E-state index contributed by atoms with van der Waals surface area (Å²) in [5.74, 6) is -0.249. The predicted molar refractivity (Wildman–Crippen MR) is 205 cm³/mol. The second-order valence-electron chi connectivity index (χ2n) is 15.2. The van der Waals surface area contributed by atoms with Crippen LogP contribution in [0.25, 0.3) is 4.85 Å². The molecule has 3 aromatic rings. The molecule has 1 amide bonds. The van der Waals surface area contributed by atoms with E-state index in [0.29, 0.717) is 49.4 Å². The fourth-order valence-electron chi connectivity index (χ4n) is 8.56. The van der Waals surface area contributed by atoms with Crippen LogP contribution in [0.2, 0.25) is 0 Å². The fraction of sp³-hybridized carbons (Fsp3) is 0.525. The van der Waals surface area contributed by atoms with Gasteiger partial charge in [0, 0.05) is 89.6 Å². The Morgan fingerprint density at radius 1 is 0.764 bits per heavy atom. The summed E-state index contributed by atoms with van der Waals surface area (Å²) < 4.78 is 40.4. The maximum atomic E-state index is 13.5. The van der Waals surface area contributed by atoms with Crippen LogP contribution in [-0.4, -0.2) is 115 Å². The minimum atomic E-state index is -4.60. The lowest BCUT2D eigenvalue weighted by Gasteiger charge is -2.44. The summed E-state index contributed by atoms with van der Waals surface area (Å²) in [6, 6.07) is 11.7. The molecule has 4 saturated heterocycles. The first kappa shape index (κ1) is 38.3. The van der Waals surface area contributed by atoms with E-state index in [1.54, 1.807) is 18.3 Å². The fourth-order valence-corrected chi connectivity index (χ4v) is 8.56. The number of piperazine rings is 1. The Balaban J connectivity index is 0.794. The van der Waals surface area contributed by atoms with Gasteiger partial charge < -0.3 is 30.0 Å². The zero-order valence-electron chi connectivity index (χ0n) is 30.9. The van der Waals surface area contributed by atoms with Gasteiger partial charge in [-0.3, -0.25) is 9.69 Å². The minimum Gasteiger partial charge on any atom is -0.477 e. The number of hydrogen-bond donors (Lipinski definition) is 2. The Kier molecular flexibility index (Phi) is 11.7. The molecular weight excluding hydrogens is 711 g/mol. The first-order valence-corrected chi connectivity index (χ1v) is 19.3. The van der Waals surface area contributed by atoms with Gasteiger partial charge >= 0.3 is 12.1 Å². The zero-order valence-corrected chi connectivity index (χ0v) is 30.9. The molecule has 4 fully saturated rings. The van der Waals surface area contributed by atoms with Crippen molar-refractivity contribution in [2.75, 3.05) is 92.0 Å². The van der Waals surface area contributed by atoms with E-state index in [-0.39, 0.29) is 17.5 Å². The van der Waals surface area contributed by atoms with Crippen LogP contribution >= 0.6 is 0 Å². The molecule has 15 heteroatoms. The second-order valence-corrected chi connectivity index (χ2v) is 15.2. The van der Waals surface area contributed by atoms with Crippen molar-refractivity contribution in [2.45, 2.75) is 50.7 Å². The predicted octanol–water partition coefficient (Wildman–Crippen LogP) is 6.10. The smallest absolute Gasteiger partial charge is 0.407 e. The summed E-state index contributed by atoms with van der Waals surface area (Å²) >= 11 is 0. The maximum Gasteiger partial charge on any atom is 0.407 e. The molecule has 0 atom stereocenters. The van der Waals surface area contributed by atoms with Gasteiger partial charge in [0.15, 0.2) is 5.69 Å². The molecule has 1 aromatic carbocycles. The number of piperidine rings is 3. The molecule has 0 saturated carbocycles. The van der Waals surface area contributed by atoms with Gasteiger partial charge in [0.05, 0.1) is 35.9 Å². The van der Waals surface area contributed by atoms with Gasteiger partial charge in [-0.15, -0.1) is 0 Å². The number of carboxylic acids is 1. The number of pyridine rings is 2. The molecule has 6 heterocycles. The third kappa shape index (κ3) is 9.30. The number of anilines is 4. The summed E-state index contributed by atoms with van der Waals surface area (Å²) in [7, 11) is 0. The lowest BCUT2D eigenvalue weighted by atomic mass is 9.95. The highest BCUT2D eigenvalue weighted by Crippen LogP contribution is 2.39. The van der Waals surface area contributed by atoms with Crippen LogP contribution in [-0.2, 0) is 11.0 Å². The number of nitrogens with zero attached hydrogens (tertiary/aromatic N) is 8. The Labute approximate surface area is 319 Å². The van der Waals surface area contributed by atoms with Crippen molar-refractivity contribution in [3.05, 3.63) is 77.5 Å². The van der Waals surface area contributed by atoms with Crippen LogP contribution in [0.4, 0.5) is 41.7 Å². The lowest BCUT2D eigenvalue weighted by Crippen LogP contribution is -2.54. The van der Waals surface area contributed by atoms with Gasteiger partial charge in [-0.05, 0) is 80.8 Å².